The first-order valence-corrected chi connectivity index (χ1v) is 5.56. The van der Waals surface area contributed by atoms with Crippen LogP contribution in [0.25, 0.3) is 11.0 Å². The number of ether oxygens (including phenoxy) is 1. The minimum absolute atomic E-state index is 0.0722. The van der Waals surface area contributed by atoms with Gasteiger partial charge in [-0.2, -0.15) is 0 Å². The van der Waals surface area contributed by atoms with Gasteiger partial charge >= 0.3 is 5.63 Å². The van der Waals surface area contributed by atoms with Crippen molar-refractivity contribution >= 4 is 11.0 Å². The smallest absolute Gasteiger partial charge is 0.339 e. The van der Waals surface area contributed by atoms with E-state index in [0.717, 1.165) is 35.8 Å². The van der Waals surface area contributed by atoms with Gasteiger partial charge in [0.1, 0.15) is 5.58 Å². The first kappa shape index (κ1) is 10.2. The maximum atomic E-state index is 11.7. The van der Waals surface area contributed by atoms with Crippen LogP contribution in [0.1, 0.15) is 17.5 Å². The van der Waals surface area contributed by atoms with Crippen LogP contribution in [0.3, 0.4) is 0 Å². The highest BCUT2D eigenvalue weighted by Crippen LogP contribution is 2.35. The molecule has 1 aliphatic rings. The Morgan fingerprint density at radius 3 is 2.82 bits per heavy atom. The van der Waals surface area contributed by atoms with E-state index in [2.05, 4.69) is 0 Å². The van der Waals surface area contributed by atoms with Gasteiger partial charge in [0.25, 0.3) is 0 Å². The van der Waals surface area contributed by atoms with E-state index >= 15 is 0 Å². The number of aryl methyl sites for hydroxylation is 1. The number of hydrogen-bond acceptors (Lipinski definition) is 4. The van der Waals surface area contributed by atoms with Crippen LogP contribution in [0.5, 0.6) is 11.5 Å². The van der Waals surface area contributed by atoms with Gasteiger partial charge in [0.05, 0.1) is 7.11 Å². The SMILES string of the molecule is COc1cc2oc(=O)c3c(c2cc1O)CCC3. The number of benzene rings is 1. The van der Waals surface area contributed by atoms with E-state index in [1.807, 2.05) is 0 Å². The summed E-state index contributed by atoms with van der Waals surface area (Å²) in [6.45, 7) is 0. The molecule has 0 atom stereocenters. The van der Waals surface area contributed by atoms with Gasteiger partial charge < -0.3 is 14.3 Å². The predicted octanol–water partition coefficient (Wildman–Crippen LogP) is 2.00. The Bertz CT molecular complexity index is 654. The second kappa shape index (κ2) is 3.52. The van der Waals surface area contributed by atoms with Crippen molar-refractivity contribution in [3.8, 4) is 11.5 Å². The lowest BCUT2D eigenvalue weighted by Crippen LogP contribution is -2.06. The molecule has 1 aromatic heterocycles. The van der Waals surface area contributed by atoms with Crippen molar-refractivity contribution in [3.05, 3.63) is 33.7 Å². The molecule has 0 radical (unpaired) electrons. The van der Waals surface area contributed by atoms with Gasteiger partial charge in [0.15, 0.2) is 11.5 Å². The zero-order valence-electron chi connectivity index (χ0n) is 9.45. The molecule has 0 amide bonds. The highest BCUT2D eigenvalue weighted by Gasteiger charge is 2.20. The van der Waals surface area contributed by atoms with Gasteiger partial charge in [0.2, 0.25) is 0 Å². The van der Waals surface area contributed by atoms with E-state index < -0.39 is 0 Å². The van der Waals surface area contributed by atoms with Crippen LogP contribution in [-0.2, 0) is 12.8 Å². The van der Waals surface area contributed by atoms with Crippen molar-refractivity contribution < 1.29 is 14.3 Å². The molecule has 88 valence electrons. The summed E-state index contributed by atoms with van der Waals surface area (Å²) >= 11 is 0. The van der Waals surface area contributed by atoms with E-state index in [-0.39, 0.29) is 11.4 Å². The first-order chi connectivity index (χ1) is 8.20. The van der Waals surface area contributed by atoms with E-state index in [0.29, 0.717) is 11.3 Å². The topological polar surface area (TPSA) is 59.7 Å². The third-order valence-corrected chi connectivity index (χ3v) is 3.27. The summed E-state index contributed by atoms with van der Waals surface area (Å²) < 4.78 is 10.3. The normalized spacial score (nSPS) is 13.9. The molecule has 2 aromatic rings. The summed E-state index contributed by atoms with van der Waals surface area (Å²) in [6, 6.07) is 3.17. The zero-order chi connectivity index (χ0) is 12.0. The lowest BCUT2D eigenvalue weighted by atomic mass is 10.1. The van der Waals surface area contributed by atoms with Gasteiger partial charge in [-0.1, -0.05) is 0 Å². The molecule has 0 aliphatic heterocycles. The van der Waals surface area contributed by atoms with Crippen molar-refractivity contribution in [1.82, 2.24) is 0 Å². The Morgan fingerprint density at radius 2 is 2.06 bits per heavy atom. The highest BCUT2D eigenvalue weighted by molar-refractivity contribution is 5.85. The minimum atomic E-state index is -0.266. The molecule has 17 heavy (non-hydrogen) atoms. The predicted molar refractivity (Wildman–Crippen MR) is 62.7 cm³/mol. The van der Waals surface area contributed by atoms with Gasteiger partial charge in [-0.25, -0.2) is 4.79 Å². The monoisotopic (exact) mass is 232 g/mol. The molecule has 0 fully saturated rings. The molecule has 1 aromatic carbocycles. The number of aromatic hydroxyl groups is 1. The Kier molecular flexibility index (Phi) is 2.11. The Labute approximate surface area is 97.4 Å². The van der Waals surface area contributed by atoms with Crippen molar-refractivity contribution in [2.75, 3.05) is 7.11 Å². The Morgan fingerprint density at radius 1 is 1.29 bits per heavy atom. The van der Waals surface area contributed by atoms with E-state index in [9.17, 15) is 9.90 Å². The molecule has 0 unspecified atom stereocenters. The summed E-state index contributed by atoms with van der Waals surface area (Å²) in [5, 5.41) is 10.6. The second-order valence-corrected chi connectivity index (χ2v) is 4.22. The van der Waals surface area contributed by atoms with Gasteiger partial charge in [0, 0.05) is 17.0 Å². The molecule has 0 saturated carbocycles. The molecule has 4 heteroatoms. The van der Waals surface area contributed by atoms with Crippen LogP contribution in [0.15, 0.2) is 21.3 Å². The summed E-state index contributed by atoms with van der Waals surface area (Å²) in [7, 11) is 1.46. The van der Waals surface area contributed by atoms with E-state index in [4.69, 9.17) is 9.15 Å². The molecule has 1 heterocycles. The largest absolute Gasteiger partial charge is 0.504 e. The average Bonchev–Trinajstić information content (AvgIpc) is 2.79. The van der Waals surface area contributed by atoms with Gasteiger partial charge in [-0.15, -0.1) is 0 Å². The maximum absolute atomic E-state index is 11.7. The van der Waals surface area contributed by atoms with Crippen molar-refractivity contribution in [2.24, 2.45) is 0 Å². The number of hydrogen-bond donors (Lipinski definition) is 1. The summed E-state index contributed by atoms with van der Waals surface area (Å²) in [5.74, 6) is 0.390. The summed E-state index contributed by atoms with van der Waals surface area (Å²) in [6.07, 6.45) is 2.59. The fourth-order valence-corrected chi connectivity index (χ4v) is 2.46. The number of fused-ring (bicyclic) bond motifs is 3. The van der Waals surface area contributed by atoms with E-state index in [1.54, 1.807) is 12.1 Å². The zero-order valence-corrected chi connectivity index (χ0v) is 9.45. The van der Waals surface area contributed by atoms with Crippen LogP contribution in [0.4, 0.5) is 0 Å². The molecular weight excluding hydrogens is 220 g/mol. The van der Waals surface area contributed by atoms with Gasteiger partial charge in [-0.05, 0) is 30.9 Å². The van der Waals surface area contributed by atoms with Crippen LogP contribution >= 0.6 is 0 Å². The molecule has 4 nitrogen and oxygen atoms in total. The van der Waals surface area contributed by atoms with Crippen molar-refractivity contribution in [1.29, 1.82) is 0 Å². The fraction of sp³-hybridized carbons (Fsp3) is 0.308. The Balaban J connectivity index is 2.41. The highest BCUT2D eigenvalue weighted by atomic mass is 16.5. The summed E-state index contributed by atoms with van der Waals surface area (Å²) in [4.78, 5) is 11.7. The fourth-order valence-electron chi connectivity index (χ4n) is 2.46. The number of methoxy groups -OCH3 is 1. The lowest BCUT2D eigenvalue weighted by Gasteiger charge is -2.07. The first-order valence-electron chi connectivity index (χ1n) is 5.56. The maximum Gasteiger partial charge on any atom is 0.339 e. The van der Waals surface area contributed by atoms with Crippen molar-refractivity contribution in [2.45, 2.75) is 19.3 Å². The minimum Gasteiger partial charge on any atom is -0.504 e. The molecule has 1 N–H and O–H groups in total. The molecular formula is C13H12O4. The van der Waals surface area contributed by atoms with Gasteiger partial charge in [-0.3, -0.25) is 0 Å². The van der Waals surface area contributed by atoms with E-state index in [1.165, 1.54) is 7.11 Å². The molecule has 0 saturated heterocycles. The lowest BCUT2D eigenvalue weighted by molar-refractivity contribution is 0.373. The average molecular weight is 232 g/mol. The standard InChI is InChI=1S/C13H12O4/c1-16-12-6-11-9(5-10(12)14)7-3-2-4-8(7)13(15)17-11/h5-6,14H,2-4H2,1H3. The molecule has 0 bridgehead atoms. The second-order valence-electron chi connectivity index (χ2n) is 4.22. The number of phenolic OH excluding ortho intramolecular Hbond substituents is 1. The quantitative estimate of drug-likeness (QED) is 0.764. The molecule has 0 spiro atoms. The number of phenols is 1. The summed E-state index contributed by atoms with van der Waals surface area (Å²) in [5.41, 5.74) is 1.97. The van der Waals surface area contributed by atoms with Crippen LogP contribution in [0.2, 0.25) is 0 Å². The number of rotatable bonds is 1. The molecule has 3 rings (SSSR count). The third-order valence-electron chi connectivity index (χ3n) is 3.27. The third kappa shape index (κ3) is 1.40. The van der Waals surface area contributed by atoms with Crippen LogP contribution in [-0.4, -0.2) is 12.2 Å². The molecule has 1 aliphatic carbocycles. The Hall–Kier alpha value is -1.97. The van der Waals surface area contributed by atoms with Crippen LogP contribution < -0.4 is 10.4 Å². The van der Waals surface area contributed by atoms with Crippen molar-refractivity contribution in [3.63, 3.8) is 0 Å². The van der Waals surface area contributed by atoms with Crippen LogP contribution in [0, 0.1) is 0 Å².